The Bertz CT molecular complexity index is 342. The van der Waals surface area contributed by atoms with Gasteiger partial charge in [-0.25, -0.2) is 0 Å². The molecule has 5 heteroatoms. The fourth-order valence-electron chi connectivity index (χ4n) is 2.33. The number of nitrogens with zero attached hydrogens (tertiary/aromatic N) is 3. The number of hydrogen-bond acceptors (Lipinski definition) is 4. The Hall–Kier alpha value is -1.12. The second kappa shape index (κ2) is 8.23. The van der Waals surface area contributed by atoms with E-state index in [0.717, 1.165) is 52.0 Å². The lowest BCUT2D eigenvalue weighted by atomic mass is 9.89. The second-order valence-corrected chi connectivity index (χ2v) is 6.32. The number of amides is 1. The van der Waals surface area contributed by atoms with Crippen molar-refractivity contribution in [1.82, 2.24) is 15.1 Å². The quantitative estimate of drug-likeness (QED) is 0.709. The zero-order chi connectivity index (χ0) is 15.0. The van der Waals surface area contributed by atoms with Crippen LogP contribution in [0, 0.1) is 16.7 Å². The molecular formula is C15H28N4O. The summed E-state index contributed by atoms with van der Waals surface area (Å²) in [4.78, 5) is 16.1. The van der Waals surface area contributed by atoms with Gasteiger partial charge in [0.25, 0.3) is 0 Å². The molecule has 0 spiro atoms. The lowest BCUT2D eigenvalue weighted by Gasteiger charge is -2.29. The molecule has 0 aliphatic carbocycles. The molecule has 1 amide bonds. The van der Waals surface area contributed by atoms with Crippen LogP contribution in [0.5, 0.6) is 0 Å². The van der Waals surface area contributed by atoms with Crippen molar-refractivity contribution in [3.05, 3.63) is 0 Å². The standard InChI is InChI=1S/C15H28N4O/c1-15(2,13-16)6-4-5-9-18(3)12-14(20)19-10-7-17-8-11-19/h17H,4-12H2,1-3H3. The Labute approximate surface area is 122 Å². The molecule has 0 aromatic carbocycles. The number of unbranched alkanes of at least 4 members (excludes halogenated alkanes) is 1. The maximum absolute atomic E-state index is 12.1. The molecular weight excluding hydrogens is 252 g/mol. The van der Waals surface area contributed by atoms with Gasteiger partial charge in [-0.2, -0.15) is 5.26 Å². The molecule has 1 fully saturated rings. The van der Waals surface area contributed by atoms with Gasteiger partial charge >= 0.3 is 0 Å². The van der Waals surface area contributed by atoms with Crippen molar-refractivity contribution in [2.45, 2.75) is 33.1 Å². The summed E-state index contributed by atoms with van der Waals surface area (Å²) in [7, 11) is 2.00. The molecule has 1 aliphatic heterocycles. The Morgan fingerprint density at radius 2 is 2.00 bits per heavy atom. The van der Waals surface area contributed by atoms with Crippen LogP contribution in [0.3, 0.4) is 0 Å². The van der Waals surface area contributed by atoms with Crippen LogP contribution >= 0.6 is 0 Å². The molecule has 0 radical (unpaired) electrons. The van der Waals surface area contributed by atoms with Crippen LogP contribution in [0.2, 0.25) is 0 Å². The number of likely N-dealkylation sites (N-methyl/N-ethyl adjacent to an activating group) is 1. The van der Waals surface area contributed by atoms with E-state index < -0.39 is 0 Å². The van der Waals surface area contributed by atoms with E-state index in [-0.39, 0.29) is 11.3 Å². The van der Waals surface area contributed by atoms with Crippen molar-refractivity contribution < 1.29 is 4.79 Å². The number of carbonyl (C=O) groups is 1. The van der Waals surface area contributed by atoms with Gasteiger partial charge in [0, 0.05) is 26.2 Å². The summed E-state index contributed by atoms with van der Waals surface area (Å²) >= 11 is 0. The fraction of sp³-hybridized carbons (Fsp3) is 0.867. The smallest absolute Gasteiger partial charge is 0.236 e. The summed E-state index contributed by atoms with van der Waals surface area (Å²) in [5.74, 6) is 0.228. The molecule has 5 nitrogen and oxygen atoms in total. The van der Waals surface area contributed by atoms with Gasteiger partial charge in [-0.3, -0.25) is 9.69 Å². The number of piperazine rings is 1. The minimum atomic E-state index is -0.227. The Balaban J connectivity index is 2.15. The molecule has 1 aliphatic rings. The van der Waals surface area contributed by atoms with Crippen LogP contribution in [0.15, 0.2) is 0 Å². The molecule has 1 saturated heterocycles. The van der Waals surface area contributed by atoms with Gasteiger partial charge in [0.05, 0.1) is 18.0 Å². The molecule has 0 unspecified atom stereocenters. The molecule has 1 heterocycles. The van der Waals surface area contributed by atoms with Gasteiger partial charge in [0.2, 0.25) is 5.91 Å². The van der Waals surface area contributed by atoms with Crippen LogP contribution in [-0.2, 0) is 4.79 Å². The van der Waals surface area contributed by atoms with E-state index in [2.05, 4.69) is 16.3 Å². The highest BCUT2D eigenvalue weighted by atomic mass is 16.2. The number of nitrogens with one attached hydrogen (secondary N) is 1. The highest BCUT2D eigenvalue weighted by Crippen LogP contribution is 2.21. The first-order chi connectivity index (χ1) is 9.44. The van der Waals surface area contributed by atoms with Crippen LogP contribution in [-0.4, -0.2) is 62.0 Å². The average molecular weight is 280 g/mol. The van der Waals surface area contributed by atoms with Gasteiger partial charge in [-0.05, 0) is 40.3 Å². The van der Waals surface area contributed by atoms with Gasteiger partial charge in [0.1, 0.15) is 0 Å². The van der Waals surface area contributed by atoms with E-state index in [1.807, 2.05) is 25.8 Å². The molecule has 114 valence electrons. The lowest BCUT2D eigenvalue weighted by Crippen LogP contribution is -2.49. The number of nitriles is 1. The van der Waals surface area contributed by atoms with Crippen LogP contribution in [0.4, 0.5) is 0 Å². The highest BCUT2D eigenvalue weighted by Gasteiger charge is 2.18. The first kappa shape index (κ1) is 16.9. The van der Waals surface area contributed by atoms with Crippen molar-refractivity contribution in [3.63, 3.8) is 0 Å². The van der Waals surface area contributed by atoms with Crippen molar-refractivity contribution in [3.8, 4) is 6.07 Å². The molecule has 20 heavy (non-hydrogen) atoms. The van der Waals surface area contributed by atoms with E-state index in [9.17, 15) is 4.79 Å². The van der Waals surface area contributed by atoms with E-state index in [1.54, 1.807) is 0 Å². The van der Waals surface area contributed by atoms with Crippen molar-refractivity contribution >= 4 is 5.91 Å². The third-order valence-corrected chi connectivity index (χ3v) is 3.77. The monoisotopic (exact) mass is 280 g/mol. The van der Waals surface area contributed by atoms with E-state index >= 15 is 0 Å². The van der Waals surface area contributed by atoms with E-state index in [0.29, 0.717) is 6.54 Å². The van der Waals surface area contributed by atoms with E-state index in [4.69, 9.17) is 5.26 Å². The molecule has 1 N–H and O–H groups in total. The van der Waals surface area contributed by atoms with Crippen LogP contribution in [0.25, 0.3) is 0 Å². The van der Waals surface area contributed by atoms with Crippen molar-refractivity contribution in [2.24, 2.45) is 5.41 Å². The van der Waals surface area contributed by atoms with Gasteiger partial charge in [-0.1, -0.05) is 6.42 Å². The zero-order valence-corrected chi connectivity index (χ0v) is 13.1. The number of rotatable bonds is 7. The second-order valence-electron chi connectivity index (χ2n) is 6.32. The summed E-state index contributed by atoms with van der Waals surface area (Å²) in [5, 5.41) is 12.2. The number of carbonyl (C=O) groups excluding carboxylic acids is 1. The topological polar surface area (TPSA) is 59.4 Å². The minimum Gasteiger partial charge on any atom is -0.339 e. The Morgan fingerprint density at radius 1 is 1.35 bits per heavy atom. The average Bonchev–Trinajstić information content (AvgIpc) is 2.44. The minimum absolute atomic E-state index is 0.227. The van der Waals surface area contributed by atoms with Crippen LogP contribution in [0.1, 0.15) is 33.1 Å². The molecule has 0 aromatic rings. The maximum Gasteiger partial charge on any atom is 0.236 e. The molecule has 0 saturated carbocycles. The zero-order valence-electron chi connectivity index (χ0n) is 13.1. The van der Waals surface area contributed by atoms with Gasteiger partial charge in [0.15, 0.2) is 0 Å². The third-order valence-electron chi connectivity index (χ3n) is 3.77. The predicted octanol–water partition coefficient (Wildman–Crippen LogP) is 1.07. The summed E-state index contributed by atoms with van der Waals surface area (Å²) in [6.45, 7) is 8.82. The first-order valence-corrected chi connectivity index (χ1v) is 7.53. The molecule has 0 bridgehead atoms. The van der Waals surface area contributed by atoms with Gasteiger partial charge in [-0.15, -0.1) is 0 Å². The SMILES string of the molecule is CN(CCCCC(C)(C)C#N)CC(=O)N1CCNCC1. The number of hydrogen-bond donors (Lipinski definition) is 1. The highest BCUT2D eigenvalue weighted by molar-refractivity contribution is 5.78. The summed E-state index contributed by atoms with van der Waals surface area (Å²) < 4.78 is 0. The Kier molecular flexibility index (Phi) is 6.97. The summed E-state index contributed by atoms with van der Waals surface area (Å²) in [6, 6.07) is 2.32. The first-order valence-electron chi connectivity index (χ1n) is 7.53. The lowest BCUT2D eigenvalue weighted by molar-refractivity contribution is -0.132. The fourth-order valence-corrected chi connectivity index (χ4v) is 2.33. The largest absolute Gasteiger partial charge is 0.339 e. The summed E-state index contributed by atoms with van der Waals surface area (Å²) in [5.41, 5.74) is -0.227. The molecule has 1 rings (SSSR count). The maximum atomic E-state index is 12.1. The van der Waals surface area contributed by atoms with E-state index in [1.165, 1.54) is 0 Å². The van der Waals surface area contributed by atoms with Crippen molar-refractivity contribution in [2.75, 3.05) is 46.3 Å². The Morgan fingerprint density at radius 3 is 2.60 bits per heavy atom. The summed E-state index contributed by atoms with van der Waals surface area (Å²) in [6.07, 6.45) is 2.99. The molecule has 0 aromatic heterocycles. The van der Waals surface area contributed by atoms with Crippen molar-refractivity contribution in [1.29, 1.82) is 5.26 Å². The van der Waals surface area contributed by atoms with Crippen LogP contribution < -0.4 is 5.32 Å². The predicted molar refractivity (Wildman–Crippen MR) is 80.2 cm³/mol. The third kappa shape index (κ3) is 6.36. The molecule has 0 atom stereocenters. The van der Waals surface area contributed by atoms with Gasteiger partial charge < -0.3 is 10.2 Å². The normalized spacial score (nSPS) is 16.2.